The van der Waals surface area contributed by atoms with Crippen molar-refractivity contribution in [1.29, 1.82) is 0 Å². The average molecular weight is 304 g/mol. The molecule has 0 unspecified atom stereocenters. The fourth-order valence-corrected chi connectivity index (χ4v) is 3.80. The van der Waals surface area contributed by atoms with Gasteiger partial charge in [0.2, 0.25) is 5.95 Å². The lowest BCUT2D eigenvalue weighted by atomic mass is 10.2. The van der Waals surface area contributed by atoms with Gasteiger partial charge in [-0.15, -0.1) is 11.3 Å². The minimum Gasteiger partial charge on any atom is -0.367 e. The Labute approximate surface area is 130 Å². The van der Waals surface area contributed by atoms with Crippen LogP contribution < -0.4 is 10.6 Å². The molecule has 21 heavy (non-hydrogen) atoms. The minimum atomic E-state index is 0.576. The van der Waals surface area contributed by atoms with Crippen LogP contribution in [0.4, 0.5) is 11.8 Å². The molecule has 0 saturated heterocycles. The van der Waals surface area contributed by atoms with Crippen molar-refractivity contribution in [3.05, 3.63) is 10.9 Å². The van der Waals surface area contributed by atoms with Crippen LogP contribution in [0.5, 0.6) is 0 Å². The van der Waals surface area contributed by atoms with E-state index in [2.05, 4.69) is 35.5 Å². The lowest BCUT2D eigenvalue weighted by Crippen LogP contribution is -2.16. The Hall–Kier alpha value is -1.36. The van der Waals surface area contributed by atoms with Crippen molar-refractivity contribution in [2.24, 2.45) is 0 Å². The molecule has 0 spiro atoms. The van der Waals surface area contributed by atoms with Crippen molar-refractivity contribution in [3.8, 4) is 0 Å². The van der Waals surface area contributed by atoms with E-state index in [4.69, 9.17) is 4.98 Å². The second kappa shape index (κ2) is 6.60. The molecular formula is C16H24N4S. The lowest BCUT2D eigenvalue weighted by Gasteiger charge is -2.14. The van der Waals surface area contributed by atoms with E-state index in [0.29, 0.717) is 6.04 Å². The highest BCUT2D eigenvalue weighted by molar-refractivity contribution is 7.18. The molecule has 5 heteroatoms. The summed E-state index contributed by atoms with van der Waals surface area (Å²) in [5, 5.41) is 8.16. The van der Waals surface area contributed by atoms with E-state index in [9.17, 15) is 0 Å². The van der Waals surface area contributed by atoms with Gasteiger partial charge in [0.05, 0.1) is 5.39 Å². The van der Waals surface area contributed by atoms with Crippen LogP contribution in [-0.2, 0) is 6.42 Å². The Morgan fingerprint density at radius 2 is 2.05 bits per heavy atom. The zero-order valence-electron chi connectivity index (χ0n) is 12.9. The molecule has 4 nitrogen and oxygen atoms in total. The summed E-state index contributed by atoms with van der Waals surface area (Å²) in [6.07, 6.45) is 7.31. The fraction of sp³-hybridized carbons (Fsp3) is 0.625. The third kappa shape index (κ3) is 3.28. The van der Waals surface area contributed by atoms with Crippen molar-refractivity contribution >= 4 is 33.3 Å². The number of thiophene rings is 1. The Bertz CT molecular complexity index is 602. The van der Waals surface area contributed by atoms with E-state index in [1.807, 2.05) is 0 Å². The molecule has 0 aliphatic heterocycles. The Balaban J connectivity index is 1.94. The average Bonchev–Trinajstić information content (AvgIpc) is 3.13. The van der Waals surface area contributed by atoms with E-state index in [0.717, 1.165) is 36.0 Å². The number of nitrogens with one attached hydrogen (secondary N) is 2. The van der Waals surface area contributed by atoms with Gasteiger partial charge >= 0.3 is 0 Å². The molecule has 1 aliphatic carbocycles. The van der Waals surface area contributed by atoms with Gasteiger partial charge in [0.1, 0.15) is 10.6 Å². The van der Waals surface area contributed by atoms with Gasteiger partial charge in [-0.25, -0.2) is 4.98 Å². The summed E-state index contributed by atoms with van der Waals surface area (Å²) in [6.45, 7) is 5.27. The number of hydrogen-bond donors (Lipinski definition) is 2. The number of rotatable bonds is 6. The molecule has 2 N–H and O–H groups in total. The molecular weight excluding hydrogens is 280 g/mol. The molecule has 0 radical (unpaired) electrons. The summed E-state index contributed by atoms with van der Waals surface area (Å²) in [4.78, 5) is 11.9. The number of aryl methyl sites for hydroxylation is 1. The summed E-state index contributed by atoms with van der Waals surface area (Å²) in [6, 6.07) is 2.83. The van der Waals surface area contributed by atoms with Crippen LogP contribution in [0, 0.1) is 0 Å². The standard InChI is InChI=1S/C16H24N4S/c1-3-9-17-16-19-14(18-11-7-5-6-8-11)13-10-12(4-2)21-15(13)20-16/h10-11H,3-9H2,1-2H3,(H2,17,18,19,20). The third-order valence-corrected chi connectivity index (χ3v) is 5.19. The quantitative estimate of drug-likeness (QED) is 0.829. The van der Waals surface area contributed by atoms with Crippen LogP contribution in [0.1, 0.15) is 50.8 Å². The molecule has 0 atom stereocenters. The number of fused-ring (bicyclic) bond motifs is 1. The van der Waals surface area contributed by atoms with E-state index in [1.165, 1.54) is 35.9 Å². The molecule has 3 rings (SSSR count). The normalized spacial score (nSPS) is 15.7. The van der Waals surface area contributed by atoms with E-state index >= 15 is 0 Å². The van der Waals surface area contributed by atoms with E-state index in [-0.39, 0.29) is 0 Å². The molecule has 1 fully saturated rings. The van der Waals surface area contributed by atoms with Crippen molar-refractivity contribution in [3.63, 3.8) is 0 Å². The Morgan fingerprint density at radius 3 is 2.76 bits per heavy atom. The van der Waals surface area contributed by atoms with Gasteiger partial charge in [-0.3, -0.25) is 0 Å². The van der Waals surface area contributed by atoms with Crippen LogP contribution in [0.15, 0.2) is 6.07 Å². The van der Waals surface area contributed by atoms with E-state index < -0.39 is 0 Å². The summed E-state index contributed by atoms with van der Waals surface area (Å²) >= 11 is 1.79. The molecule has 1 saturated carbocycles. The van der Waals surface area contributed by atoms with E-state index in [1.54, 1.807) is 11.3 Å². The summed E-state index contributed by atoms with van der Waals surface area (Å²) in [7, 11) is 0. The molecule has 2 heterocycles. The van der Waals surface area contributed by atoms with Gasteiger partial charge < -0.3 is 10.6 Å². The fourth-order valence-electron chi connectivity index (χ4n) is 2.83. The second-order valence-corrected chi connectivity index (χ2v) is 6.85. The zero-order valence-corrected chi connectivity index (χ0v) is 13.7. The summed E-state index contributed by atoms with van der Waals surface area (Å²) < 4.78 is 0. The Morgan fingerprint density at radius 1 is 1.24 bits per heavy atom. The second-order valence-electron chi connectivity index (χ2n) is 5.73. The molecule has 2 aromatic heterocycles. The topological polar surface area (TPSA) is 49.8 Å². The van der Waals surface area contributed by atoms with Crippen LogP contribution in [0.2, 0.25) is 0 Å². The summed E-state index contributed by atoms with van der Waals surface area (Å²) in [5.41, 5.74) is 0. The Kier molecular flexibility index (Phi) is 4.58. The first-order chi connectivity index (χ1) is 10.3. The summed E-state index contributed by atoms with van der Waals surface area (Å²) in [5.74, 6) is 1.77. The highest BCUT2D eigenvalue weighted by atomic mass is 32.1. The number of hydrogen-bond acceptors (Lipinski definition) is 5. The highest BCUT2D eigenvalue weighted by Crippen LogP contribution is 2.32. The van der Waals surface area contributed by atoms with Gasteiger partial charge in [0.25, 0.3) is 0 Å². The predicted octanol–water partition coefficient (Wildman–Crippen LogP) is 4.43. The van der Waals surface area contributed by atoms with Crippen LogP contribution in [0.3, 0.4) is 0 Å². The molecule has 0 aromatic carbocycles. The first-order valence-corrected chi connectivity index (χ1v) is 8.92. The minimum absolute atomic E-state index is 0.576. The molecule has 114 valence electrons. The van der Waals surface area contributed by atoms with Gasteiger partial charge in [-0.1, -0.05) is 26.7 Å². The lowest BCUT2D eigenvalue weighted by molar-refractivity contribution is 0.751. The molecule has 0 bridgehead atoms. The smallest absolute Gasteiger partial charge is 0.226 e. The molecule has 2 aromatic rings. The maximum absolute atomic E-state index is 4.72. The van der Waals surface area contributed by atoms with Crippen molar-refractivity contribution in [2.45, 2.75) is 58.4 Å². The zero-order chi connectivity index (χ0) is 14.7. The van der Waals surface area contributed by atoms with Gasteiger partial charge in [-0.2, -0.15) is 4.98 Å². The monoisotopic (exact) mass is 304 g/mol. The van der Waals surface area contributed by atoms with Crippen molar-refractivity contribution < 1.29 is 0 Å². The largest absolute Gasteiger partial charge is 0.367 e. The van der Waals surface area contributed by atoms with Gasteiger partial charge in [-0.05, 0) is 31.7 Å². The van der Waals surface area contributed by atoms with Crippen LogP contribution >= 0.6 is 11.3 Å². The first kappa shape index (κ1) is 14.6. The van der Waals surface area contributed by atoms with Gasteiger partial charge in [0, 0.05) is 17.5 Å². The highest BCUT2D eigenvalue weighted by Gasteiger charge is 2.18. The van der Waals surface area contributed by atoms with Crippen LogP contribution in [-0.4, -0.2) is 22.6 Å². The molecule has 0 amide bonds. The third-order valence-electron chi connectivity index (χ3n) is 4.02. The van der Waals surface area contributed by atoms with Crippen molar-refractivity contribution in [1.82, 2.24) is 9.97 Å². The van der Waals surface area contributed by atoms with Crippen molar-refractivity contribution in [2.75, 3.05) is 17.2 Å². The number of nitrogens with zero attached hydrogens (tertiary/aromatic N) is 2. The maximum Gasteiger partial charge on any atom is 0.226 e. The number of anilines is 2. The maximum atomic E-state index is 4.72. The SMILES string of the molecule is CCCNc1nc(NC2CCCC2)c2cc(CC)sc2n1. The van der Waals surface area contributed by atoms with Gasteiger partial charge in [0.15, 0.2) is 0 Å². The number of aromatic nitrogens is 2. The first-order valence-electron chi connectivity index (χ1n) is 8.11. The van der Waals surface area contributed by atoms with Crippen LogP contribution in [0.25, 0.3) is 10.2 Å². The predicted molar refractivity (Wildman–Crippen MR) is 91.5 cm³/mol. The molecule has 1 aliphatic rings.